The van der Waals surface area contributed by atoms with Crippen molar-refractivity contribution in [2.75, 3.05) is 35.8 Å². The number of pyridine rings is 1. The van der Waals surface area contributed by atoms with Gasteiger partial charge in [0.05, 0.1) is 17.1 Å². The Morgan fingerprint density at radius 1 is 1.55 bits per heavy atom. The molecule has 0 saturated heterocycles. The second-order valence-corrected chi connectivity index (χ2v) is 5.58. The number of thioether (sulfide) groups is 1. The number of hydrogen-bond acceptors (Lipinski definition) is 6. The van der Waals surface area contributed by atoms with Crippen LogP contribution in [-0.2, 0) is 0 Å². The van der Waals surface area contributed by atoms with Crippen molar-refractivity contribution >= 4 is 29.1 Å². The van der Waals surface area contributed by atoms with E-state index in [0.717, 1.165) is 12.2 Å². The molecule has 0 radical (unpaired) electrons. The van der Waals surface area contributed by atoms with E-state index < -0.39 is 0 Å². The van der Waals surface area contributed by atoms with Gasteiger partial charge in [-0.05, 0) is 32.3 Å². The van der Waals surface area contributed by atoms with Gasteiger partial charge >= 0.3 is 0 Å². The topological polar surface area (TPSA) is 71.3 Å². The lowest BCUT2D eigenvalue weighted by atomic mass is 10.2. The zero-order valence-electron chi connectivity index (χ0n) is 12.4. The van der Waals surface area contributed by atoms with E-state index >= 15 is 0 Å². The molecule has 1 aromatic rings. The maximum Gasteiger partial charge on any atom is 0.276 e. The molecule has 1 heterocycles. The zero-order valence-corrected chi connectivity index (χ0v) is 13.2. The first kappa shape index (κ1) is 16.6. The third kappa shape index (κ3) is 4.56. The summed E-state index contributed by atoms with van der Waals surface area (Å²) in [4.78, 5) is 17.0. The molecule has 0 aliphatic rings. The van der Waals surface area contributed by atoms with E-state index in [0.29, 0.717) is 18.2 Å². The monoisotopic (exact) mass is 298 g/mol. The van der Waals surface area contributed by atoms with E-state index in [1.165, 1.54) is 12.1 Å². The molecule has 0 aliphatic heterocycles. The molecule has 1 aromatic heterocycles. The Hall–Kier alpha value is -1.50. The van der Waals surface area contributed by atoms with E-state index in [4.69, 9.17) is 0 Å². The molecule has 0 amide bonds. The fraction of sp³-hybridized carbons (Fsp3) is 0.615. The highest BCUT2D eigenvalue weighted by atomic mass is 32.2. The van der Waals surface area contributed by atoms with Gasteiger partial charge in [0.15, 0.2) is 0 Å². The molecule has 0 aromatic carbocycles. The molecule has 1 rings (SSSR count). The average Bonchev–Trinajstić information content (AvgIpc) is 2.43. The van der Waals surface area contributed by atoms with Crippen LogP contribution in [0.25, 0.3) is 0 Å². The molecule has 0 aliphatic carbocycles. The van der Waals surface area contributed by atoms with Crippen molar-refractivity contribution in [3.05, 3.63) is 22.2 Å². The third-order valence-electron chi connectivity index (χ3n) is 3.13. The Balaban J connectivity index is 2.99. The van der Waals surface area contributed by atoms with Crippen molar-refractivity contribution < 1.29 is 4.92 Å². The summed E-state index contributed by atoms with van der Waals surface area (Å²) < 4.78 is 0. The molecule has 7 heteroatoms. The van der Waals surface area contributed by atoms with E-state index in [2.05, 4.69) is 23.5 Å². The van der Waals surface area contributed by atoms with E-state index in [1.807, 2.05) is 18.9 Å². The van der Waals surface area contributed by atoms with Gasteiger partial charge in [0.25, 0.3) is 5.69 Å². The van der Waals surface area contributed by atoms with E-state index in [1.54, 1.807) is 11.8 Å². The van der Waals surface area contributed by atoms with Crippen LogP contribution in [0, 0.1) is 10.1 Å². The summed E-state index contributed by atoms with van der Waals surface area (Å²) in [7, 11) is 1.92. The predicted molar refractivity (Wildman–Crippen MR) is 85.9 cm³/mol. The fourth-order valence-corrected chi connectivity index (χ4v) is 2.34. The first-order chi connectivity index (χ1) is 9.49. The molecule has 112 valence electrons. The van der Waals surface area contributed by atoms with E-state index in [-0.39, 0.29) is 16.7 Å². The quantitative estimate of drug-likeness (QED) is 0.587. The van der Waals surface area contributed by atoms with Crippen LogP contribution in [0.1, 0.15) is 20.3 Å². The van der Waals surface area contributed by atoms with Crippen LogP contribution in [0.3, 0.4) is 0 Å². The number of nitrogens with one attached hydrogen (secondary N) is 1. The molecular formula is C13H22N4O2S. The van der Waals surface area contributed by atoms with Gasteiger partial charge in [-0.15, -0.1) is 0 Å². The minimum absolute atomic E-state index is 0.0647. The van der Waals surface area contributed by atoms with Gasteiger partial charge in [0.2, 0.25) is 0 Å². The first-order valence-corrected chi connectivity index (χ1v) is 8.01. The molecule has 0 saturated carbocycles. The molecule has 0 fully saturated rings. The summed E-state index contributed by atoms with van der Waals surface area (Å²) in [6, 6.07) is 3.27. The number of anilines is 2. The Kier molecular flexibility index (Phi) is 6.57. The van der Waals surface area contributed by atoms with Crippen molar-refractivity contribution in [1.82, 2.24) is 4.98 Å². The van der Waals surface area contributed by atoms with Crippen LogP contribution in [0.15, 0.2) is 12.1 Å². The van der Waals surface area contributed by atoms with Crippen LogP contribution in [0.5, 0.6) is 0 Å². The highest BCUT2D eigenvalue weighted by Gasteiger charge is 2.16. The summed E-state index contributed by atoms with van der Waals surface area (Å²) in [6.07, 6.45) is 3.08. The SMILES string of the molecule is CCNc1cc([N+](=O)[O-])cc(N(C)C(C)CCSC)n1. The van der Waals surface area contributed by atoms with Gasteiger partial charge < -0.3 is 10.2 Å². The van der Waals surface area contributed by atoms with Gasteiger partial charge in [-0.25, -0.2) is 4.98 Å². The Labute approximate surface area is 124 Å². The zero-order chi connectivity index (χ0) is 15.1. The molecule has 1 unspecified atom stereocenters. The smallest absolute Gasteiger partial charge is 0.276 e. The normalized spacial score (nSPS) is 12.0. The largest absolute Gasteiger partial charge is 0.370 e. The lowest BCUT2D eigenvalue weighted by Gasteiger charge is -2.26. The fourth-order valence-electron chi connectivity index (χ4n) is 1.77. The number of nitro groups is 1. The van der Waals surface area contributed by atoms with Crippen molar-refractivity contribution in [3.63, 3.8) is 0 Å². The van der Waals surface area contributed by atoms with Gasteiger partial charge in [-0.1, -0.05) is 0 Å². The van der Waals surface area contributed by atoms with Crippen molar-refractivity contribution in [2.24, 2.45) is 0 Å². The van der Waals surface area contributed by atoms with Crippen LogP contribution in [0.2, 0.25) is 0 Å². The van der Waals surface area contributed by atoms with Crippen molar-refractivity contribution in [3.8, 4) is 0 Å². The second-order valence-electron chi connectivity index (χ2n) is 4.60. The van der Waals surface area contributed by atoms with Crippen LogP contribution in [-0.4, -0.2) is 41.6 Å². The number of nitrogens with zero attached hydrogens (tertiary/aromatic N) is 3. The van der Waals surface area contributed by atoms with Gasteiger partial charge in [-0.2, -0.15) is 11.8 Å². The second kappa shape index (κ2) is 7.94. The van der Waals surface area contributed by atoms with Crippen molar-refractivity contribution in [2.45, 2.75) is 26.3 Å². The van der Waals surface area contributed by atoms with Gasteiger partial charge in [0.1, 0.15) is 11.6 Å². The number of hydrogen-bond donors (Lipinski definition) is 1. The first-order valence-electron chi connectivity index (χ1n) is 6.61. The average molecular weight is 298 g/mol. The lowest BCUT2D eigenvalue weighted by molar-refractivity contribution is -0.384. The molecular weight excluding hydrogens is 276 g/mol. The van der Waals surface area contributed by atoms with Crippen LogP contribution >= 0.6 is 11.8 Å². The maximum absolute atomic E-state index is 11.0. The van der Waals surface area contributed by atoms with Crippen LogP contribution < -0.4 is 10.2 Å². The maximum atomic E-state index is 11.0. The Bertz CT molecular complexity index is 456. The minimum Gasteiger partial charge on any atom is -0.370 e. The summed E-state index contributed by atoms with van der Waals surface area (Å²) in [5, 5.41) is 14.0. The summed E-state index contributed by atoms with van der Waals surface area (Å²) in [6.45, 7) is 4.72. The molecule has 0 bridgehead atoms. The third-order valence-corrected chi connectivity index (χ3v) is 3.77. The summed E-state index contributed by atoms with van der Waals surface area (Å²) >= 11 is 1.79. The predicted octanol–water partition coefficient (Wildman–Crippen LogP) is 3.00. The number of rotatable bonds is 8. The molecule has 6 nitrogen and oxygen atoms in total. The summed E-state index contributed by atoms with van der Waals surface area (Å²) in [5.41, 5.74) is 0.0647. The standard InChI is InChI=1S/C13H22N4O2S/c1-5-14-12-8-11(17(18)19)9-13(15-12)16(3)10(2)6-7-20-4/h8-10H,5-7H2,1-4H3,(H,14,15). The minimum atomic E-state index is -0.383. The highest BCUT2D eigenvalue weighted by molar-refractivity contribution is 7.98. The molecule has 20 heavy (non-hydrogen) atoms. The molecule has 1 atom stereocenters. The highest BCUT2D eigenvalue weighted by Crippen LogP contribution is 2.24. The summed E-state index contributed by atoms with van der Waals surface area (Å²) in [5.74, 6) is 2.23. The molecule has 1 N–H and O–H groups in total. The van der Waals surface area contributed by atoms with Gasteiger partial charge in [-0.3, -0.25) is 10.1 Å². The Morgan fingerprint density at radius 2 is 2.25 bits per heavy atom. The number of aromatic nitrogens is 1. The van der Waals surface area contributed by atoms with Crippen LogP contribution in [0.4, 0.5) is 17.3 Å². The van der Waals surface area contributed by atoms with E-state index in [9.17, 15) is 10.1 Å². The Morgan fingerprint density at radius 3 is 2.80 bits per heavy atom. The lowest BCUT2D eigenvalue weighted by Crippen LogP contribution is -2.30. The van der Waals surface area contributed by atoms with Gasteiger partial charge in [0, 0.05) is 19.6 Å². The van der Waals surface area contributed by atoms with Crippen molar-refractivity contribution in [1.29, 1.82) is 0 Å². The molecule has 0 spiro atoms.